The van der Waals surface area contributed by atoms with Crippen molar-refractivity contribution < 1.29 is 18.7 Å². The number of benzene rings is 1. The fourth-order valence-corrected chi connectivity index (χ4v) is 3.61. The van der Waals surface area contributed by atoms with Gasteiger partial charge >= 0.3 is 0 Å². The van der Waals surface area contributed by atoms with E-state index in [2.05, 4.69) is 15.5 Å². The molecule has 0 aliphatic carbocycles. The molecule has 2 aliphatic rings. The van der Waals surface area contributed by atoms with Crippen LogP contribution >= 0.6 is 0 Å². The molecule has 136 valence electrons. The average molecular weight is 358 g/mol. The molecule has 2 aliphatic heterocycles. The van der Waals surface area contributed by atoms with E-state index in [-0.39, 0.29) is 41.9 Å². The number of aromatic amines is 1. The molecule has 2 aromatic rings. The van der Waals surface area contributed by atoms with Crippen LogP contribution < -0.4 is 10.1 Å². The zero-order valence-corrected chi connectivity index (χ0v) is 14.1. The van der Waals surface area contributed by atoms with Crippen LogP contribution in [0.5, 0.6) is 5.75 Å². The van der Waals surface area contributed by atoms with E-state index in [9.17, 15) is 14.0 Å². The normalized spacial score (nSPS) is 22.0. The summed E-state index contributed by atoms with van der Waals surface area (Å²) in [6.45, 7) is 0.558. The maximum absolute atomic E-state index is 13.6. The second kappa shape index (κ2) is 6.78. The summed E-state index contributed by atoms with van der Waals surface area (Å²) in [6.07, 6.45) is 2.04. The number of hydrogen-bond acceptors (Lipinski definition) is 4. The molecular formula is C18H19FN4O3. The number of nitrogens with zero attached hydrogens (tertiary/aromatic N) is 2. The van der Waals surface area contributed by atoms with E-state index in [4.69, 9.17) is 4.74 Å². The van der Waals surface area contributed by atoms with E-state index in [0.29, 0.717) is 18.7 Å². The molecular weight excluding hydrogens is 339 g/mol. The van der Waals surface area contributed by atoms with Gasteiger partial charge in [0.05, 0.1) is 5.69 Å². The predicted octanol–water partition coefficient (Wildman–Crippen LogP) is 1.62. The second-order valence-corrected chi connectivity index (χ2v) is 6.60. The van der Waals surface area contributed by atoms with E-state index >= 15 is 0 Å². The van der Waals surface area contributed by atoms with Gasteiger partial charge in [0.2, 0.25) is 5.91 Å². The third-order valence-electron chi connectivity index (χ3n) is 4.88. The molecule has 2 N–H and O–H groups in total. The molecule has 2 fully saturated rings. The summed E-state index contributed by atoms with van der Waals surface area (Å²) in [5.74, 6) is -0.509. The van der Waals surface area contributed by atoms with Crippen molar-refractivity contribution in [1.29, 1.82) is 0 Å². The number of nitrogens with one attached hydrogen (secondary N) is 2. The van der Waals surface area contributed by atoms with Crippen LogP contribution in [0.4, 0.5) is 4.39 Å². The highest BCUT2D eigenvalue weighted by Crippen LogP contribution is 2.29. The quantitative estimate of drug-likeness (QED) is 0.869. The highest BCUT2D eigenvalue weighted by atomic mass is 19.1. The van der Waals surface area contributed by atoms with Crippen LogP contribution in [-0.2, 0) is 11.4 Å². The molecule has 2 amide bonds. The molecule has 0 spiro atoms. The van der Waals surface area contributed by atoms with Crippen molar-refractivity contribution >= 4 is 11.8 Å². The molecule has 0 unspecified atom stereocenters. The molecule has 2 atom stereocenters. The number of fused-ring (bicyclic) bond motifs is 2. The number of hydrogen-bond donors (Lipinski definition) is 2. The van der Waals surface area contributed by atoms with Gasteiger partial charge in [0.25, 0.3) is 5.91 Å². The summed E-state index contributed by atoms with van der Waals surface area (Å²) in [5, 5.41) is 9.68. The summed E-state index contributed by atoms with van der Waals surface area (Å²) in [7, 11) is 0. The van der Waals surface area contributed by atoms with Crippen LogP contribution in [0.25, 0.3) is 0 Å². The average Bonchev–Trinajstić information content (AvgIpc) is 3.21. The van der Waals surface area contributed by atoms with Gasteiger partial charge in [-0.2, -0.15) is 5.10 Å². The number of amides is 2. The fourth-order valence-electron chi connectivity index (χ4n) is 3.61. The lowest BCUT2D eigenvalue weighted by Gasteiger charge is -2.26. The number of rotatable bonds is 4. The Labute approximate surface area is 149 Å². The smallest absolute Gasteiger partial charge is 0.274 e. The third-order valence-corrected chi connectivity index (χ3v) is 4.88. The van der Waals surface area contributed by atoms with Crippen LogP contribution in [0.15, 0.2) is 30.3 Å². The summed E-state index contributed by atoms with van der Waals surface area (Å²) in [6, 6.07) is 7.68. The molecule has 2 saturated heterocycles. The maximum Gasteiger partial charge on any atom is 0.274 e. The Kier molecular flexibility index (Phi) is 4.32. The minimum Gasteiger partial charge on any atom is -0.484 e. The second-order valence-electron chi connectivity index (χ2n) is 6.60. The van der Waals surface area contributed by atoms with Crippen LogP contribution in [0.3, 0.4) is 0 Å². The number of H-pyrrole nitrogens is 1. The Morgan fingerprint density at radius 3 is 2.96 bits per heavy atom. The van der Waals surface area contributed by atoms with Gasteiger partial charge in [-0.3, -0.25) is 14.7 Å². The molecule has 7 nitrogen and oxygen atoms in total. The van der Waals surface area contributed by atoms with Gasteiger partial charge in [-0.15, -0.1) is 0 Å². The number of carbonyl (C=O) groups is 2. The first-order chi connectivity index (χ1) is 12.6. The number of ether oxygens (including phenoxy) is 1. The first-order valence-corrected chi connectivity index (χ1v) is 8.63. The Hall–Kier alpha value is -2.90. The lowest BCUT2D eigenvalue weighted by Crippen LogP contribution is -2.42. The lowest BCUT2D eigenvalue weighted by atomic mass is 10.1. The summed E-state index contributed by atoms with van der Waals surface area (Å²) in [5.41, 5.74) is 0.858. The van der Waals surface area contributed by atoms with Gasteiger partial charge in [0, 0.05) is 25.0 Å². The van der Waals surface area contributed by atoms with Crippen molar-refractivity contribution in [1.82, 2.24) is 20.4 Å². The SMILES string of the molecule is O=C1C[C@@H]2CC[C@H](CN1)N2C(=O)c1cc(COc2ccccc2F)[nH]n1. The van der Waals surface area contributed by atoms with Crippen molar-refractivity contribution in [3.05, 3.63) is 47.5 Å². The van der Waals surface area contributed by atoms with Crippen molar-refractivity contribution in [3.8, 4) is 5.75 Å². The standard InChI is InChI=1S/C18H19FN4O3/c19-14-3-1-2-4-16(14)26-10-11-7-15(22-21-11)18(25)23-12-5-6-13(23)9-20-17(24)8-12/h1-4,7,12-13H,5-6,8-10H2,(H,20,24)(H,21,22)/t12-,13+/m0/s1. The van der Waals surface area contributed by atoms with E-state index < -0.39 is 5.82 Å². The first-order valence-electron chi connectivity index (χ1n) is 8.63. The fraction of sp³-hybridized carbons (Fsp3) is 0.389. The highest BCUT2D eigenvalue weighted by Gasteiger charge is 2.41. The van der Waals surface area contributed by atoms with Gasteiger partial charge in [-0.05, 0) is 31.0 Å². The number of para-hydroxylation sites is 1. The van der Waals surface area contributed by atoms with Crippen LogP contribution in [0.1, 0.15) is 35.4 Å². The topological polar surface area (TPSA) is 87.3 Å². The van der Waals surface area contributed by atoms with Crippen molar-refractivity contribution in [2.24, 2.45) is 0 Å². The van der Waals surface area contributed by atoms with Crippen molar-refractivity contribution in [3.63, 3.8) is 0 Å². The Balaban J connectivity index is 1.45. The molecule has 26 heavy (non-hydrogen) atoms. The molecule has 2 bridgehead atoms. The zero-order chi connectivity index (χ0) is 18.1. The van der Waals surface area contributed by atoms with E-state index in [1.165, 1.54) is 12.1 Å². The summed E-state index contributed by atoms with van der Waals surface area (Å²) < 4.78 is 19.0. The van der Waals surface area contributed by atoms with Gasteiger partial charge in [0.15, 0.2) is 17.3 Å². The van der Waals surface area contributed by atoms with E-state index in [1.54, 1.807) is 23.1 Å². The minimum absolute atomic E-state index is 0.00812. The first kappa shape index (κ1) is 16.6. The molecule has 0 saturated carbocycles. The van der Waals surface area contributed by atoms with Gasteiger partial charge in [0.1, 0.15) is 6.61 Å². The Morgan fingerprint density at radius 1 is 1.31 bits per heavy atom. The summed E-state index contributed by atoms with van der Waals surface area (Å²) in [4.78, 5) is 26.3. The van der Waals surface area contributed by atoms with Crippen molar-refractivity contribution in [2.75, 3.05) is 6.54 Å². The molecule has 1 aromatic heterocycles. The van der Waals surface area contributed by atoms with Crippen LogP contribution in [0, 0.1) is 5.82 Å². The predicted molar refractivity (Wildman–Crippen MR) is 89.9 cm³/mol. The van der Waals surface area contributed by atoms with Gasteiger partial charge in [-0.1, -0.05) is 12.1 Å². The van der Waals surface area contributed by atoms with Crippen LogP contribution in [-0.4, -0.2) is 45.5 Å². The Morgan fingerprint density at radius 2 is 2.12 bits per heavy atom. The number of carbonyl (C=O) groups excluding carboxylic acids is 2. The molecule has 3 heterocycles. The molecule has 8 heteroatoms. The highest BCUT2D eigenvalue weighted by molar-refractivity contribution is 5.94. The van der Waals surface area contributed by atoms with Gasteiger partial charge in [-0.25, -0.2) is 4.39 Å². The molecule has 4 rings (SSSR count). The lowest BCUT2D eigenvalue weighted by molar-refractivity contribution is -0.121. The van der Waals surface area contributed by atoms with Crippen LogP contribution in [0.2, 0.25) is 0 Å². The van der Waals surface area contributed by atoms with E-state index in [0.717, 1.165) is 12.8 Å². The maximum atomic E-state index is 13.6. The van der Waals surface area contributed by atoms with Crippen molar-refractivity contribution in [2.45, 2.75) is 38.0 Å². The largest absolute Gasteiger partial charge is 0.484 e. The minimum atomic E-state index is -0.443. The molecule has 0 radical (unpaired) electrons. The third kappa shape index (κ3) is 3.14. The van der Waals surface area contributed by atoms with E-state index in [1.807, 2.05) is 0 Å². The monoisotopic (exact) mass is 358 g/mol. The van der Waals surface area contributed by atoms with Gasteiger partial charge < -0.3 is 15.0 Å². The number of halogens is 1. The summed E-state index contributed by atoms with van der Waals surface area (Å²) >= 11 is 0. The zero-order valence-electron chi connectivity index (χ0n) is 14.1. The number of aromatic nitrogens is 2. The Bertz CT molecular complexity index is 837. The molecule has 1 aromatic carbocycles.